The fraction of sp³-hybridized carbons (Fsp3) is 0.545. The Hall–Kier alpha value is -2.38. The highest BCUT2D eigenvalue weighted by Gasteiger charge is 2.28. The third kappa shape index (κ3) is 6.30. The quantitative estimate of drug-likeness (QED) is 0.526. The summed E-state index contributed by atoms with van der Waals surface area (Å²) in [6.45, 7) is 8.07. The van der Waals surface area contributed by atoms with Crippen molar-refractivity contribution in [3.8, 4) is 0 Å². The van der Waals surface area contributed by atoms with Crippen LogP contribution in [0.15, 0.2) is 54.0 Å². The average Bonchev–Trinajstić information content (AvgIpc) is 3.27. The Morgan fingerprint density at radius 3 is 2.93 bits per heavy atom. The second-order valence-electron chi connectivity index (χ2n) is 7.64. The van der Waals surface area contributed by atoms with Crippen molar-refractivity contribution in [2.45, 2.75) is 39.0 Å². The number of aromatic nitrogens is 2. The predicted octanol–water partition coefficient (Wildman–Crippen LogP) is 2.31. The van der Waals surface area contributed by atoms with Gasteiger partial charge >= 0.3 is 0 Å². The van der Waals surface area contributed by atoms with Gasteiger partial charge in [-0.05, 0) is 24.8 Å². The van der Waals surface area contributed by atoms with Gasteiger partial charge in [0, 0.05) is 32.0 Å². The minimum Gasteiger partial charge on any atom is -0.389 e. The van der Waals surface area contributed by atoms with Gasteiger partial charge in [0.2, 0.25) is 0 Å². The van der Waals surface area contributed by atoms with E-state index in [1.807, 2.05) is 49.1 Å². The molecule has 2 heterocycles. The number of hydrogen-bond donors (Lipinski definition) is 2. The van der Waals surface area contributed by atoms with E-state index in [1.54, 1.807) is 0 Å². The molecule has 29 heavy (non-hydrogen) atoms. The zero-order chi connectivity index (χ0) is 20.5. The van der Waals surface area contributed by atoms with Crippen molar-refractivity contribution in [2.24, 2.45) is 10.9 Å². The SMILES string of the molecule is CCNC(=NCC(O)COCc1ccccc1)N1CCC(C)C(n2ccnc2)C1. The summed E-state index contributed by atoms with van der Waals surface area (Å²) in [4.78, 5) is 11.2. The fourth-order valence-corrected chi connectivity index (χ4v) is 3.65. The van der Waals surface area contributed by atoms with Crippen LogP contribution in [0.3, 0.4) is 0 Å². The van der Waals surface area contributed by atoms with Crippen LogP contribution in [0.4, 0.5) is 0 Å². The Bertz CT molecular complexity index is 735. The summed E-state index contributed by atoms with van der Waals surface area (Å²) in [5.41, 5.74) is 1.10. The molecular weight excluding hydrogens is 366 g/mol. The maximum absolute atomic E-state index is 10.3. The summed E-state index contributed by atoms with van der Waals surface area (Å²) in [5, 5.41) is 13.7. The molecule has 158 valence electrons. The molecule has 0 spiro atoms. The number of guanidine groups is 1. The summed E-state index contributed by atoms with van der Waals surface area (Å²) in [5.74, 6) is 1.44. The van der Waals surface area contributed by atoms with Crippen molar-refractivity contribution < 1.29 is 9.84 Å². The highest BCUT2D eigenvalue weighted by atomic mass is 16.5. The van der Waals surface area contributed by atoms with Crippen molar-refractivity contribution in [1.29, 1.82) is 0 Å². The lowest BCUT2D eigenvalue weighted by molar-refractivity contribution is 0.0329. The Morgan fingerprint density at radius 1 is 1.38 bits per heavy atom. The molecular formula is C22H33N5O2. The lowest BCUT2D eigenvalue weighted by atomic mass is 9.93. The highest BCUT2D eigenvalue weighted by molar-refractivity contribution is 5.80. The van der Waals surface area contributed by atoms with Crippen molar-refractivity contribution in [1.82, 2.24) is 19.8 Å². The molecule has 1 aromatic heterocycles. The number of benzene rings is 1. The molecule has 1 saturated heterocycles. The van der Waals surface area contributed by atoms with E-state index in [1.165, 1.54) is 0 Å². The van der Waals surface area contributed by atoms with Crippen LogP contribution in [-0.4, -0.2) is 64.4 Å². The molecule has 7 heteroatoms. The van der Waals surface area contributed by atoms with Gasteiger partial charge in [0.05, 0.1) is 38.2 Å². The maximum atomic E-state index is 10.3. The fourth-order valence-electron chi connectivity index (χ4n) is 3.65. The minimum absolute atomic E-state index is 0.270. The number of aliphatic imine (C=N–C) groups is 1. The highest BCUT2D eigenvalue weighted by Crippen LogP contribution is 2.27. The van der Waals surface area contributed by atoms with Crippen molar-refractivity contribution in [3.63, 3.8) is 0 Å². The van der Waals surface area contributed by atoms with Crippen molar-refractivity contribution in [3.05, 3.63) is 54.6 Å². The van der Waals surface area contributed by atoms with E-state index in [0.29, 0.717) is 25.1 Å². The predicted molar refractivity (Wildman–Crippen MR) is 115 cm³/mol. The Kier molecular flexibility index (Phi) is 8.07. The zero-order valence-electron chi connectivity index (χ0n) is 17.4. The summed E-state index contributed by atoms with van der Waals surface area (Å²) in [6.07, 6.45) is 6.22. The summed E-state index contributed by atoms with van der Waals surface area (Å²) < 4.78 is 7.82. The van der Waals surface area contributed by atoms with E-state index in [4.69, 9.17) is 4.74 Å². The van der Waals surface area contributed by atoms with Crippen LogP contribution >= 0.6 is 0 Å². The van der Waals surface area contributed by atoms with Gasteiger partial charge in [-0.25, -0.2) is 4.98 Å². The standard InChI is InChI=1S/C22H33N5O2/c1-3-24-22(25-13-20(28)16-29-15-19-7-5-4-6-8-19)26-11-9-18(2)21(14-26)27-12-10-23-17-27/h4-8,10,12,17-18,20-21,28H,3,9,11,13-16H2,1-2H3,(H,24,25). The Morgan fingerprint density at radius 2 is 2.21 bits per heavy atom. The summed E-state index contributed by atoms with van der Waals surface area (Å²) in [7, 11) is 0. The molecule has 0 amide bonds. The van der Waals surface area contributed by atoms with Crippen LogP contribution in [0, 0.1) is 5.92 Å². The number of rotatable bonds is 8. The van der Waals surface area contributed by atoms with Gasteiger partial charge in [0.25, 0.3) is 0 Å². The van der Waals surface area contributed by atoms with Gasteiger partial charge in [-0.2, -0.15) is 0 Å². The van der Waals surface area contributed by atoms with E-state index in [-0.39, 0.29) is 6.61 Å². The monoisotopic (exact) mass is 399 g/mol. The largest absolute Gasteiger partial charge is 0.389 e. The number of nitrogens with one attached hydrogen (secondary N) is 1. The smallest absolute Gasteiger partial charge is 0.194 e. The molecule has 1 aliphatic rings. The number of aliphatic hydroxyl groups excluding tert-OH is 1. The molecule has 3 unspecified atom stereocenters. The average molecular weight is 400 g/mol. The second kappa shape index (κ2) is 11.0. The number of piperidine rings is 1. The van der Waals surface area contributed by atoms with E-state index in [0.717, 1.165) is 37.6 Å². The number of ether oxygens (including phenoxy) is 1. The molecule has 0 radical (unpaired) electrons. The first-order valence-electron chi connectivity index (χ1n) is 10.5. The van der Waals surface area contributed by atoms with E-state index in [9.17, 15) is 5.11 Å². The van der Waals surface area contributed by atoms with Crippen LogP contribution in [0.2, 0.25) is 0 Å². The molecule has 1 aliphatic heterocycles. The van der Waals surface area contributed by atoms with E-state index in [2.05, 4.69) is 38.6 Å². The number of imidazole rings is 1. The Balaban J connectivity index is 1.53. The molecule has 2 aromatic rings. The van der Waals surface area contributed by atoms with Crippen LogP contribution in [0.25, 0.3) is 0 Å². The molecule has 3 atom stereocenters. The van der Waals surface area contributed by atoms with Gasteiger partial charge in [-0.15, -0.1) is 0 Å². The van der Waals surface area contributed by atoms with Gasteiger partial charge in [0.15, 0.2) is 5.96 Å². The first-order chi connectivity index (χ1) is 14.2. The lowest BCUT2D eigenvalue weighted by Crippen LogP contribution is -2.49. The first kappa shape index (κ1) is 21.3. The number of aliphatic hydroxyl groups is 1. The number of likely N-dealkylation sites (tertiary alicyclic amines) is 1. The van der Waals surface area contributed by atoms with Gasteiger partial charge < -0.3 is 24.6 Å². The molecule has 2 N–H and O–H groups in total. The molecule has 0 saturated carbocycles. The molecule has 3 rings (SSSR count). The van der Waals surface area contributed by atoms with Crippen LogP contribution in [-0.2, 0) is 11.3 Å². The topological polar surface area (TPSA) is 74.9 Å². The van der Waals surface area contributed by atoms with Crippen LogP contribution in [0.1, 0.15) is 31.9 Å². The molecule has 0 aliphatic carbocycles. The van der Waals surface area contributed by atoms with Crippen molar-refractivity contribution in [2.75, 3.05) is 32.8 Å². The van der Waals surface area contributed by atoms with Crippen LogP contribution < -0.4 is 5.32 Å². The lowest BCUT2D eigenvalue weighted by Gasteiger charge is -2.39. The van der Waals surface area contributed by atoms with Gasteiger partial charge in [-0.1, -0.05) is 37.3 Å². The second-order valence-corrected chi connectivity index (χ2v) is 7.64. The first-order valence-corrected chi connectivity index (χ1v) is 10.5. The molecule has 1 aromatic carbocycles. The van der Waals surface area contributed by atoms with Crippen molar-refractivity contribution >= 4 is 5.96 Å². The maximum Gasteiger partial charge on any atom is 0.194 e. The van der Waals surface area contributed by atoms with Gasteiger partial charge in [-0.3, -0.25) is 4.99 Å². The minimum atomic E-state index is -0.625. The number of hydrogen-bond acceptors (Lipinski definition) is 4. The van der Waals surface area contributed by atoms with Crippen LogP contribution in [0.5, 0.6) is 0 Å². The normalized spacial score (nSPS) is 21.2. The third-order valence-corrected chi connectivity index (χ3v) is 5.33. The Labute approximate surface area is 173 Å². The summed E-state index contributed by atoms with van der Waals surface area (Å²) >= 11 is 0. The van der Waals surface area contributed by atoms with Gasteiger partial charge in [0.1, 0.15) is 0 Å². The van der Waals surface area contributed by atoms with E-state index >= 15 is 0 Å². The number of nitrogens with zero attached hydrogens (tertiary/aromatic N) is 4. The summed E-state index contributed by atoms with van der Waals surface area (Å²) in [6, 6.07) is 10.4. The zero-order valence-corrected chi connectivity index (χ0v) is 17.4. The molecule has 0 bridgehead atoms. The molecule has 1 fully saturated rings. The third-order valence-electron chi connectivity index (χ3n) is 5.33. The van der Waals surface area contributed by atoms with E-state index < -0.39 is 6.10 Å². The molecule has 7 nitrogen and oxygen atoms in total.